The Balaban J connectivity index is 1.68. The first kappa shape index (κ1) is 12.8. The summed E-state index contributed by atoms with van der Waals surface area (Å²) in [5, 5.41) is 0. The van der Waals surface area contributed by atoms with E-state index in [0.717, 1.165) is 24.2 Å². The Labute approximate surface area is 140 Å². The fourth-order valence-corrected chi connectivity index (χ4v) is 4.58. The number of piperazine rings is 1. The molecule has 2 spiro atoms. The molecule has 4 aliphatic heterocycles. The maximum atomic E-state index is 5.97. The first-order chi connectivity index (χ1) is 11.9. The van der Waals surface area contributed by atoms with Crippen molar-refractivity contribution in [3.8, 4) is 0 Å². The molecule has 0 radical (unpaired) electrons. The van der Waals surface area contributed by atoms with E-state index in [1.54, 1.807) is 0 Å². The second-order valence-electron chi connectivity index (χ2n) is 6.65. The summed E-state index contributed by atoms with van der Waals surface area (Å²) in [5.41, 5.74) is 3.41. The third kappa shape index (κ3) is 1.19. The maximum Gasteiger partial charge on any atom is 0.257 e. The highest BCUT2D eigenvalue weighted by Crippen LogP contribution is 2.63. The number of rotatable bonds is 0. The Morgan fingerprint density at radius 3 is 1.58 bits per heavy atom. The fourth-order valence-electron chi connectivity index (χ4n) is 4.58. The van der Waals surface area contributed by atoms with Gasteiger partial charge >= 0.3 is 0 Å². The van der Waals surface area contributed by atoms with Crippen molar-refractivity contribution in [2.45, 2.75) is 11.4 Å². The van der Waals surface area contributed by atoms with Crippen molar-refractivity contribution in [3.63, 3.8) is 0 Å². The number of nitrogens with zero attached hydrogens (tertiary/aromatic N) is 2. The summed E-state index contributed by atoms with van der Waals surface area (Å²) in [4.78, 5) is 16.5. The number of fused-ring (bicyclic) bond motifs is 2. The highest BCUT2D eigenvalue weighted by molar-refractivity contribution is 5.64. The topological polar surface area (TPSA) is 24.9 Å². The minimum absolute atomic E-state index is 0.641. The van der Waals surface area contributed by atoms with Crippen LogP contribution in [-0.2, 0) is 21.2 Å². The van der Waals surface area contributed by atoms with Crippen LogP contribution in [0.3, 0.4) is 0 Å². The molecule has 4 aliphatic rings. The number of benzene rings is 2. The second-order valence-corrected chi connectivity index (χ2v) is 6.65. The van der Waals surface area contributed by atoms with Crippen LogP contribution < -0.4 is 0 Å². The third-order valence-corrected chi connectivity index (χ3v) is 5.65. The van der Waals surface area contributed by atoms with Gasteiger partial charge in [-0.2, -0.15) is 9.78 Å². The van der Waals surface area contributed by atoms with Gasteiger partial charge in [0.2, 0.25) is 0 Å². The van der Waals surface area contributed by atoms with E-state index in [4.69, 9.17) is 9.78 Å². The summed E-state index contributed by atoms with van der Waals surface area (Å²) in [6.07, 6.45) is 8.61. The SMILES string of the molecule is C1=CN2CCN3C=Cc4ccccc4C34OOC24c2ccccc21. The molecule has 4 heteroatoms. The largest absolute Gasteiger partial charge is 0.338 e. The lowest BCUT2D eigenvalue weighted by atomic mass is 9.74. The smallest absolute Gasteiger partial charge is 0.257 e. The number of hydrogen-bond acceptors (Lipinski definition) is 4. The van der Waals surface area contributed by atoms with Crippen molar-refractivity contribution >= 4 is 12.2 Å². The summed E-state index contributed by atoms with van der Waals surface area (Å²) in [6, 6.07) is 16.9. The van der Waals surface area contributed by atoms with Gasteiger partial charge in [-0.1, -0.05) is 48.5 Å². The van der Waals surface area contributed by atoms with Crippen molar-refractivity contribution in [3.05, 3.63) is 83.2 Å². The molecule has 24 heavy (non-hydrogen) atoms. The minimum atomic E-state index is -0.641. The molecule has 0 saturated carbocycles. The summed E-state index contributed by atoms with van der Waals surface area (Å²) in [6.45, 7) is 1.78. The standard InChI is InChI=1S/C20H16N2O2/c1-3-7-17-15(5-1)9-11-21-13-14-22-12-10-16-6-2-4-8-18(16)20(22)19(17,21)23-24-20/h1-12H,13-14H2. The predicted molar refractivity (Wildman–Crippen MR) is 89.9 cm³/mol. The van der Waals surface area contributed by atoms with Crippen LogP contribution in [0.1, 0.15) is 22.3 Å². The quantitative estimate of drug-likeness (QED) is 0.697. The van der Waals surface area contributed by atoms with Gasteiger partial charge in [0.1, 0.15) is 0 Å². The lowest BCUT2D eigenvalue weighted by Gasteiger charge is -2.68. The van der Waals surface area contributed by atoms with Gasteiger partial charge in [0.25, 0.3) is 11.4 Å². The molecular weight excluding hydrogens is 300 g/mol. The lowest BCUT2D eigenvalue weighted by molar-refractivity contribution is -0.633. The van der Waals surface area contributed by atoms with Gasteiger partial charge in [0.05, 0.1) is 0 Å². The summed E-state index contributed by atoms with van der Waals surface area (Å²) < 4.78 is 0. The molecule has 2 atom stereocenters. The van der Waals surface area contributed by atoms with Crippen LogP contribution in [0, 0.1) is 0 Å². The van der Waals surface area contributed by atoms with E-state index >= 15 is 0 Å². The molecule has 0 aromatic heterocycles. The van der Waals surface area contributed by atoms with Crippen molar-refractivity contribution in [2.75, 3.05) is 13.1 Å². The molecule has 4 nitrogen and oxygen atoms in total. The first-order valence-corrected chi connectivity index (χ1v) is 8.32. The van der Waals surface area contributed by atoms with E-state index < -0.39 is 11.4 Å². The maximum absolute atomic E-state index is 5.97. The van der Waals surface area contributed by atoms with E-state index in [9.17, 15) is 0 Å². The van der Waals surface area contributed by atoms with Crippen LogP contribution in [0.2, 0.25) is 0 Å². The summed E-state index contributed by atoms with van der Waals surface area (Å²) in [7, 11) is 0. The van der Waals surface area contributed by atoms with E-state index in [0.29, 0.717) is 0 Å². The molecule has 2 fully saturated rings. The summed E-state index contributed by atoms with van der Waals surface area (Å²) in [5.74, 6) is 0. The average Bonchev–Trinajstić information content (AvgIpc) is 2.63. The molecule has 0 amide bonds. The van der Waals surface area contributed by atoms with Gasteiger partial charge in [-0.15, -0.1) is 0 Å². The molecule has 0 bridgehead atoms. The van der Waals surface area contributed by atoms with Crippen LogP contribution >= 0.6 is 0 Å². The Morgan fingerprint density at radius 2 is 1.12 bits per heavy atom. The lowest BCUT2D eigenvalue weighted by Crippen LogP contribution is -2.79. The normalized spacial score (nSPS) is 31.3. The molecule has 2 saturated heterocycles. The molecule has 6 rings (SSSR count). The number of hydrogen-bond donors (Lipinski definition) is 0. The summed E-state index contributed by atoms with van der Waals surface area (Å²) >= 11 is 0. The molecule has 2 unspecified atom stereocenters. The molecule has 0 aliphatic carbocycles. The molecule has 2 aromatic carbocycles. The molecule has 4 heterocycles. The van der Waals surface area contributed by atoms with Crippen LogP contribution in [0.4, 0.5) is 0 Å². The Bertz CT molecular complexity index is 846. The van der Waals surface area contributed by atoms with Gasteiger partial charge < -0.3 is 9.80 Å². The van der Waals surface area contributed by atoms with Gasteiger partial charge in [-0.3, -0.25) is 0 Å². The van der Waals surface area contributed by atoms with Crippen LogP contribution in [0.25, 0.3) is 12.2 Å². The van der Waals surface area contributed by atoms with Crippen molar-refractivity contribution in [1.82, 2.24) is 9.80 Å². The minimum Gasteiger partial charge on any atom is -0.338 e. The van der Waals surface area contributed by atoms with Crippen LogP contribution in [-0.4, -0.2) is 22.9 Å². The molecule has 0 N–H and O–H groups in total. The Morgan fingerprint density at radius 1 is 0.667 bits per heavy atom. The van der Waals surface area contributed by atoms with E-state index in [1.165, 1.54) is 11.1 Å². The Kier molecular flexibility index (Phi) is 2.19. The first-order valence-electron chi connectivity index (χ1n) is 8.32. The zero-order chi connectivity index (χ0) is 15.8. The van der Waals surface area contributed by atoms with Crippen LogP contribution in [0.15, 0.2) is 60.9 Å². The van der Waals surface area contributed by atoms with Crippen molar-refractivity contribution < 1.29 is 9.78 Å². The van der Waals surface area contributed by atoms with E-state index in [-0.39, 0.29) is 0 Å². The zero-order valence-corrected chi connectivity index (χ0v) is 13.1. The van der Waals surface area contributed by atoms with E-state index in [1.807, 2.05) is 0 Å². The average molecular weight is 316 g/mol. The van der Waals surface area contributed by atoms with E-state index in [2.05, 4.69) is 82.9 Å². The highest BCUT2D eigenvalue weighted by Gasteiger charge is 2.75. The van der Waals surface area contributed by atoms with Gasteiger partial charge in [-0.25, -0.2) is 0 Å². The highest BCUT2D eigenvalue weighted by atomic mass is 17.3. The fraction of sp³-hybridized carbons (Fsp3) is 0.200. The van der Waals surface area contributed by atoms with Gasteiger partial charge in [0.15, 0.2) is 0 Å². The van der Waals surface area contributed by atoms with Crippen LogP contribution in [0.5, 0.6) is 0 Å². The Hall–Kier alpha value is -2.56. The molecule has 118 valence electrons. The van der Waals surface area contributed by atoms with Gasteiger partial charge in [-0.05, 0) is 23.3 Å². The third-order valence-electron chi connectivity index (χ3n) is 5.65. The van der Waals surface area contributed by atoms with Crippen molar-refractivity contribution in [1.29, 1.82) is 0 Å². The monoisotopic (exact) mass is 316 g/mol. The zero-order valence-electron chi connectivity index (χ0n) is 13.1. The van der Waals surface area contributed by atoms with Crippen molar-refractivity contribution in [2.24, 2.45) is 0 Å². The predicted octanol–water partition coefficient (Wildman–Crippen LogP) is 3.24. The molecule has 2 aromatic rings. The second kappa shape index (κ2) is 4.09. The molecular formula is C20H16N2O2. The van der Waals surface area contributed by atoms with Gasteiger partial charge in [0, 0.05) is 36.6 Å².